The minimum absolute atomic E-state index is 0.0177. The zero-order chi connectivity index (χ0) is 17.8. The van der Waals surface area contributed by atoms with E-state index in [1.54, 1.807) is 22.8 Å². The van der Waals surface area contributed by atoms with Crippen molar-refractivity contribution in [3.8, 4) is 0 Å². The Balaban J connectivity index is 1.84. The number of rotatable bonds is 6. The maximum absolute atomic E-state index is 12.7. The van der Waals surface area contributed by atoms with E-state index in [4.69, 9.17) is 16.6 Å². The normalized spacial score (nSPS) is 12.4. The van der Waals surface area contributed by atoms with Crippen molar-refractivity contribution in [2.75, 3.05) is 6.54 Å². The lowest BCUT2D eigenvalue weighted by Gasteiger charge is -2.19. The Morgan fingerprint density at radius 2 is 1.96 bits per heavy atom. The zero-order valence-electron chi connectivity index (χ0n) is 14.5. The maximum Gasteiger partial charge on any atom is 0.261 e. The van der Waals surface area contributed by atoms with Crippen molar-refractivity contribution in [3.05, 3.63) is 75.3 Å². The Kier molecular flexibility index (Phi) is 5.51. The van der Waals surface area contributed by atoms with Crippen LogP contribution in [0.4, 0.5) is 0 Å². The van der Waals surface area contributed by atoms with Crippen LogP contribution in [0.3, 0.4) is 0 Å². The number of fused-ring (bicyclic) bond motifs is 1. The summed E-state index contributed by atoms with van der Waals surface area (Å²) < 4.78 is 1.73. The van der Waals surface area contributed by atoms with Crippen LogP contribution in [-0.2, 0) is 13.0 Å². The summed E-state index contributed by atoms with van der Waals surface area (Å²) in [7, 11) is 0. The van der Waals surface area contributed by atoms with E-state index in [0.717, 1.165) is 18.8 Å². The molecule has 0 bridgehead atoms. The second-order valence-corrected chi connectivity index (χ2v) is 6.53. The van der Waals surface area contributed by atoms with Gasteiger partial charge in [-0.15, -0.1) is 0 Å². The van der Waals surface area contributed by atoms with E-state index in [0.29, 0.717) is 22.5 Å². The van der Waals surface area contributed by atoms with Crippen LogP contribution in [0.5, 0.6) is 0 Å². The van der Waals surface area contributed by atoms with E-state index >= 15 is 0 Å². The van der Waals surface area contributed by atoms with Gasteiger partial charge in [0.15, 0.2) is 0 Å². The van der Waals surface area contributed by atoms with Crippen LogP contribution in [0.15, 0.2) is 53.3 Å². The minimum Gasteiger partial charge on any atom is -0.307 e. The van der Waals surface area contributed by atoms with Crippen LogP contribution >= 0.6 is 11.6 Å². The standard InChI is InChI=1S/C20H22ClN3O/c1-3-24-19(14(2)22-12-11-15-7-5-4-6-8-15)23-18-13-16(21)9-10-17(18)20(24)25/h4-10,13-14,22H,3,11-12H2,1-2H3. The number of nitrogens with zero attached hydrogens (tertiary/aromatic N) is 2. The fourth-order valence-electron chi connectivity index (χ4n) is 3.02. The molecule has 1 aromatic heterocycles. The summed E-state index contributed by atoms with van der Waals surface area (Å²) >= 11 is 6.06. The molecule has 0 saturated heterocycles. The number of nitrogens with one attached hydrogen (secondary N) is 1. The topological polar surface area (TPSA) is 46.9 Å². The molecule has 0 aliphatic rings. The van der Waals surface area contributed by atoms with Crippen LogP contribution < -0.4 is 10.9 Å². The van der Waals surface area contributed by atoms with Gasteiger partial charge in [0.1, 0.15) is 5.82 Å². The third-order valence-corrected chi connectivity index (χ3v) is 4.59. The van der Waals surface area contributed by atoms with Gasteiger partial charge >= 0.3 is 0 Å². The number of aromatic nitrogens is 2. The van der Waals surface area contributed by atoms with Crippen molar-refractivity contribution in [2.45, 2.75) is 32.9 Å². The summed E-state index contributed by atoms with van der Waals surface area (Å²) in [6.07, 6.45) is 0.931. The molecule has 5 heteroatoms. The molecule has 2 aromatic carbocycles. The van der Waals surface area contributed by atoms with Gasteiger partial charge in [-0.3, -0.25) is 9.36 Å². The Hall–Kier alpha value is -2.17. The molecular formula is C20H22ClN3O. The molecule has 0 aliphatic carbocycles. The van der Waals surface area contributed by atoms with Gasteiger partial charge in [-0.1, -0.05) is 41.9 Å². The predicted molar refractivity (Wildman–Crippen MR) is 103 cm³/mol. The van der Waals surface area contributed by atoms with Crippen molar-refractivity contribution >= 4 is 22.5 Å². The van der Waals surface area contributed by atoms with Crippen LogP contribution in [-0.4, -0.2) is 16.1 Å². The molecule has 0 radical (unpaired) electrons. The fraction of sp³-hybridized carbons (Fsp3) is 0.300. The summed E-state index contributed by atoms with van der Waals surface area (Å²) in [5, 5.41) is 4.66. The smallest absolute Gasteiger partial charge is 0.261 e. The molecule has 1 atom stereocenters. The average molecular weight is 356 g/mol. The first-order valence-electron chi connectivity index (χ1n) is 8.57. The van der Waals surface area contributed by atoms with Crippen LogP contribution in [0.1, 0.15) is 31.3 Å². The molecule has 0 saturated carbocycles. The summed E-state index contributed by atoms with van der Waals surface area (Å²) in [5.74, 6) is 0.746. The van der Waals surface area contributed by atoms with Gasteiger partial charge in [0.25, 0.3) is 5.56 Å². The number of hydrogen-bond acceptors (Lipinski definition) is 3. The molecular weight excluding hydrogens is 334 g/mol. The lowest BCUT2D eigenvalue weighted by atomic mass is 10.1. The molecule has 0 amide bonds. The van der Waals surface area contributed by atoms with E-state index in [1.807, 2.05) is 32.0 Å². The molecule has 0 spiro atoms. The van der Waals surface area contributed by atoms with Gasteiger partial charge in [0.05, 0.1) is 16.9 Å². The average Bonchev–Trinajstić information content (AvgIpc) is 2.62. The van der Waals surface area contributed by atoms with Gasteiger partial charge in [0.2, 0.25) is 0 Å². The Bertz CT molecular complexity index is 921. The lowest BCUT2D eigenvalue weighted by Crippen LogP contribution is -2.31. The highest BCUT2D eigenvalue weighted by molar-refractivity contribution is 6.31. The summed E-state index contributed by atoms with van der Waals surface area (Å²) in [4.78, 5) is 17.5. The van der Waals surface area contributed by atoms with E-state index in [9.17, 15) is 4.79 Å². The maximum atomic E-state index is 12.7. The van der Waals surface area contributed by atoms with Crippen molar-refractivity contribution in [1.29, 1.82) is 0 Å². The first-order chi connectivity index (χ1) is 12.1. The molecule has 3 aromatic rings. The summed E-state index contributed by atoms with van der Waals surface area (Å²) in [5.41, 5.74) is 1.91. The van der Waals surface area contributed by atoms with E-state index < -0.39 is 0 Å². The third-order valence-electron chi connectivity index (χ3n) is 4.36. The molecule has 0 fully saturated rings. The first kappa shape index (κ1) is 17.6. The monoisotopic (exact) mass is 355 g/mol. The number of halogens is 1. The largest absolute Gasteiger partial charge is 0.307 e. The highest BCUT2D eigenvalue weighted by Crippen LogP contribution is 2.18. The van der Waals surface area contributed by atoms with E-state index in [-0.39, 0.29) is 11.6 Å². The lowest BCUT2D eigenvalue weighted by molar-refractivity contribution is 0.508. The minimum atomic E-state index is -0.0280. The second kappa shape index (κ2) is 7.81. The van der Waals surface area contributed by atoms with Gasteiger partial charge in [-0.2, -0.15) is 0 Å². The predicted octanol–water partition coefficient (Wildman–Crippen LogP) is 3.96. The van der Waals surface area contributed by atoms with Crippen molar-refractivity contribution in [1.82, 2.24) is 14.9 Å². The van der Waals surface area contributed by atoms with Gasteiger partial charge in [-0.05, 0) is 50.6 Å². The van der Waals surface area contributed by atoms with E-state index in [1.165, 1.54) is 5.56 Å². The number of benzene rings is 2. The molecule has 1 N–H and O–H groups in total. The number of hydrogen-bond donors (Lipinski definition) is 1. The molecule has 1 heterocycles. The van der Waals surface area contributed by atoms with Gasteiger partial charge in [-0.25, -0.2) is 4.98 Å². The Labute approximate surface area is 152 Å². The SMILES string of the molecule is CCn1c(C(C)NCCc2ccccc2)nc2cc(Cl)ccc2c1=O. The van der Waals surface area contributed by atoms with Gasteiger partial charge in [0, 0.05) is 11.6 Å². The zero-order valence-corrected chi connectivity index (χ0v) is 15.3. The molecule has 130 valence electrons. The highest BCUT2D eigenvalue weighted by atomic mass is 35.5. The van der Waals surface area contributed by atoms with Crippen LogP contribution in [0, 0.1) is 0 Å². The molecule has 1 unspecified atom stereocenters. The van der Waals surface area contributed by atoms with Gasteiger partial charge < -0.3 is 5.32 Å². The Morgan fingerprint density at radius 3 is 2.68 bits per heavy atom. The van der Waals surface area contributed by atoms with Crippen molar-refractivity contribution in [2.24, 2.45) is 0 Å². The molecule has 4 nitrogen and oxygen atoms in total. The van der Waals surface area contributed by atoms with Crippen LogP contribution in [0.25, 0.3) is 10.9 Å². The first-order valence-corrected chi connectivity index (χ1v) is 8.95. The summed E-state index contributed by atoms with van der Waals surface area (Å²) in [6, 6.07) is 15.5. The fourth-order valence-corrected chi connectivity index (χ4v) is 3.18. The second-order valence-electron chi connectivity index (χ2n) is 6.09. The summed E-state index contributed by atoms with van der Waals surface area (Å²) in [6.45, 7) is 5.41. The quantitative estimate of drug-likeness (QED) is 0.728. The molecule has 0 aliphatic heterocycles. The Morgan fingerprint density at radius 1 is 1.20 bits per heavy atom. The third kappa shape index (κ3) is 3.91. The highest BCUT2D eigenvalue weighted by Gasteiger charge is 2.15. The molecule has 25 heavy (non-hydrogen) atoms. The van der Waals surface area contributed by atoms with Crippen molar-refractivity contribution < 1.29 is 0 Å². The van der Waals surface area contributed by atoms with Crippen molar-refractivity contribution in [3.63, 3.8) is 0 Å². The van der Waals surface area contributed by atoms with Crippen LogP contribution in [0.2, 0.25) is 5.02 Å². The molecule has 3 rings (SSSR count). The van der Waals surface area contributed by atoms with E-state index in [2.05, 4.69) is 17.4 Å².